The van der Waals surface area contributed by atoms with Crippen molar-refractivity contribution in [1.82, 2.24) is 0 Å². The van der Waals surface area contributed by atoms with Crippen LogP contribution in [0.3, 0.4) is 0 Å². The van der Waals surface area contributed by atoms with Gasteiger partial charge < -0.3 is 10.5 Å². The largest absolute Gasteiger partial charge is 0.481 e. The fraction of sp³-hybridized carbons (Fsp3) is 0.0769. The van der Waals surface area contributed by atoms with Crippen LogP contribution < -0.4 is 10.5 Å². The summed E-state index contributed by atoms with van der Waals surface area (Å²) in [4.78, 5) is 10.4. The van der Waals surface area contributed by atoms with Crippen LogP contribution in [0.2, 0.25) is 0 Å². The molecule has 0 heterocycles. The van der Waals surface area contributed by atoms with Crippen LogP contribution in [0.15, 0.2) is 48.5 Å². The Morgan fingerprint density at radius 3 is 2.42 bits per heavy atom. The first-order valence-electron chi connectivity index (χ1n) is 5.38. The van der Waals surface area contributed by atoms with Gasteiger partial charge in [-0.1, -0.05) is 36.4 Å². The summed E-state index contributed by atoms with van der Waals surface area (Å²) in [5.41, 5.74) is 6.76. The van der Waals surface area contributed by atoms with E-state index < -0.39 is 4.92 Å². The molecule has 0 aliphatic heterocycles. The Morgan fingerprint density at radius 2 is 1.79 bits per heavy atom. The Kier molecular flexibility index (Phi) is 5.14. The first kappa shape index (κ1) is 14.8. The predicted octanol–water partition coefficient (Wildman–Crippen LogP) is 3.18. The molecule has 100 valence electrons. The van der Waals surface area contributed by atoms with Gasteiger partial charge in [-0.25, -0.2) is 0 Å². The standard InChI is InChI=1S/C13H12N2O3.ClH/c14-11-7-4-8-12(15(16)17)13(11)18-9-10-5-2-1-3-6-10;/h1-8H,9,14H2;1H. The van der Waals surface area contributed by atoms with Gasteiger partial charge in [0.1, 0.15) is 6.61 Å². The van der Waals surface area contributed by atoms with Gasteiger partial charge in [0, 0.05) is 6.07 Å². The molecule has 0 unspecified atom stereocenters. The van der Waals surface area contributed by atoms with Gasteiger partial charge in [0.05, 0.1) is 10.6 Å². The highest BCUT2D eigenvalue weighted by molar-refractivity contribution is 5.85. The van der Waals surface area contributed by atoms with Crippen LogP contribution in [0.4, 0.5) is 11.4 Å². The third-order valence-electron chi connectivity index (χ3n) is 2.45. The molecule has 2 aromatic rings. The number of para-hydroxylation sites is 1. The van der Waals surface area contributed by atoms with E-state index >= 15 is 0 Å². The highest BCUT2D eigenvalue weighted by Gasteiger charge is 2.17. The summed E-state index contributed by atoms with van der Waals surface area (Å²) >= 11 is 0. The minimum Gasteiger partial charge on any atom is -0.481 e. The number of anilines is 1. The summed E-state index contributed by atoms with van der Waals surface area (Å²) in [6.45, 7) is 0.246. The summed E-state index contributed by atoms with van der Waals surface area (Å²) < 4.78 is 5.45. The van der Waals surface area contributed by atoms with E-state index in [1.165, 1.54) is 12.1 Å². The van der Waals surface area contributed by atoms with Gasteiger partial charge in [-0.3, -0.25) is 10.1 Å². The Bertz CT molecular complexity index is 561. The lowest BCUT2D eigenvalue weighted by molar-refractivity contribution is -0.385. The Morgan fingerprint density at radius 1 is 1.11 bits per heavy atom. The second kappa shape index (κ2) is 6.61. The predicted molar refractivity (Wildman–Crippen MR) is 75.5 cm³/mol. The van der Waals surface area contributed by atoms with Crippen molar-refractivity contribution in [3.63, 3.8) is 0 Å². The smallest absolute Gasteiger partial charge is 0.313 e. The van der Waals surface area contributed by atoms with Gasteiger partial charge in [-0.05, 0) is 11.6 Å². The van der Waals surface area contributed by atoms with E-state index in [9.17, 15) is 10.1 Å². The molecule has 0 saturated heterocycles. The lowest BCUT2D eigenvalue weighted by atomic mass is 10.2. The Balaban J connectivity index is 0.00000180. The topological polar surface area (TPSA) is 78.4 Å². The van der Waals surface area contributed by atoms with Crippen molar-refractivity contribution < 1.29 is 9.66 Å². The lowest BCUT2D eigenvalue weighted by Gasteiger charge is -2.08. The molecule has 0 aliphatic carbocycles. The number of halogens is 1. The number of nitrogen functional groups attached to an aromatic ring is 1. The molecule has 0 aromatic heterocycles. The Labute approximate surface area is 116 Å². The molecule has 2 aromatic carbocycles. The number of rotatable bonds is 4. The molecule has 0 saturated carbocycles. The first-order chi connectivity index (χ1) is 8.68. The van der Waals surface area contributed by atoms with Crippen molar-refractivity contribution in [3.8, 4) is 5.75 Å². The fourth-order valence-corrected chi connectivity index (χ4v) is 1.57. The summed E-state index contributed by atoms with van der Waals surface area (Å²) in [7, 11) is 0. The molecule has 6 heteroatoms. The molecule has 2 N–H and O–H groups in total. The number of nitrogens with two attached hydrogens (primary N) is 1. The zero-order valence-electron chi connectivity index (χ0n) is 9.98. The average Bonchev–Trinajstić information content (AvgIpc) is 2.38. The van der Waals surface area contributed by atoms with Crippen LogP contribution in [0.25, 0.3) is 0 Å². The van der Waals surface area contributed by atoms with Gasteiger partial charge in [-0.15, -0.1) is 12.4 Å². The number of nitro benzene ring substituents is 1. The highest BCUT2D eigenvalue weighted by atomic mass is 35.5. The average molecular weight is 281 g/mol. The van der Waals surface area contributed by atoms with Crippen molar-refractivity contribution in [2.45, 2.75) is 6.61 Å². The number of nitrogens with zero attached hydrogens (tertiary/aromatic N) is 1. The number of nitro groups is 1. The van der Waals surface area contributed by atoms with Crippen LogP contribution in [0, 0.1) is 10.1 Å². The summed E-state index contributed by atoms with van der Waals surface area (Å²) in [6, 6.07) is 13.9. The van der Waals surface area contributed by atoms with Crippen LogP contribution >= 0.6 is 12.4 Å². The van der Waals surface area contributed by atoms with Crippen LogP contribution in [0.5, 0.6) is 5.75 Å². The maximum absolute atomic E-state index is 10.9. The summed E-state index contributed by atoms with van der Waals surface area (Å²) in [6.07, 6.45) is 0. The third kappa shape index (κ3) is 3.59. The van der Waals surface area contributed by atoms with Crippen molar-refractivity contribution in [1.29, 1.82) is 0 Å². The fourth-order valence-electron chi connectivity index (χ4n) is 1.57. The van der Waals surface area contributed by atoms with Crippen LogP contribution in [-0.4, -0.2) is 4.92 Å². The molecule has 0 radical (unpaired) electrons. The Hall–Kier alpha value is -2.27. The van der Waals surface area contributed by atoms with E-state index in [4.69, 9.17) is 10.5 Å². The van der Waals surface area contributed by atoms with Gasteiger partial charge in [0.2, 0.25) is 5.75 Å². The normalized spacial score (nSPS) is 9.47. The van der Waals surface area contributed by atoms with E-state index in [1.54, 1.807) is 6.07 Å². The quantitative estimate of drug-likeness (QED) is 0.530. The first-order valence-corrected chi connectivity index (χ1v) is 5.38. The van der Waals surface area contributed by atoms with Crippen LogP contribution in [0.1, 0.15) is 5.56 Å². The number of benzene rings is 2. The van der Waals surface area contributed by atoms with E-state index in [-0.39, 0.29) is 36.1 Å². The molecule has 19 heavy (non-hydrogen) atoms. The maximum atomic E-state index is 10.9. The number of hydrogen-bond donors (Lipinski definition) is 1. The van der Waals surface area contributed by atoms with Crippen molar-refractivity contribution in [2.24, 2.45) is 0 Å². The van der Waals surface area contributed by atoms with E-state index in [0.717, 1.165) is 5.56 Å². The maximum Gasteiger partial charge on any atom is 0.313 e. The minimum atomic E-state index is -0.503. The highest BCUT2D eigenvalue weighted by Crippen LogP contribution is 2.33. The van der Waals surface area contributed by atoms with Gasteiger partial charge in [0.15, 0.2) is 0 Å². The van der Waals surface area contributed by atoms with Gasteiger partial charge >= 0.3 is 5.69 Å². The molecule has 0 aliphatic rings. The molecule has 2 rings (SSSR count). The van der Waals surface area contributed by atoms with Crippen LogP contribution in [-0.2, 0) is 6.61 Å². The zero-order chi connectivity index (χ0) is 13.0. The van der Waals surface area contributed by atoms with Gasteiger partial charge in [0.25, 0.3) is 0 Å². The number of ether oxygens (including phenoxy) is 1. The van der Waals surface area contributed by atoms with Crippen molar-refractivity contribution in [3.05, 3.63) is 64.2 Å². The second-order valence-electron chi connectivity index (χ2n) is 3.73. The second-order valence-corrected chi connectivity index (χ2v) is 3.73. The lowest BCUT2D eigenvalue weighted by Crippen LogP contribution is -2.02. The molecule has 0 spiro atoms. The molecule has 5 nitrogen and oxygen atoms in total. The third-order valence-corrected chi connectivity index (χ3v) is 2.45. The summed E-state index contributed by atoms with van der Waals surface area (Å²) in [5, 5.41) is 10.9. The van der Waals surface area contributed by atoms with E-state index in [2.05, 4.69) is 0 Å². The minimum absolute atomic E-state index is 0. The van der Waals surface area contributed by atoms with E-state index in [0.29, 0.717) is 0 Å². The molecule has 0 bridgehead atoms. The molecular formula is C13H13ClN2O3. The van der Waals surface area contributed by atoms with Crippen molar-refractivity contribution in [2.75, 3.05) is 5.73 Å². The molecule has 0 fully saturated rings. The molecule has 0 amide bonds. The van der Waals surface area contributed by atoms with Crippen molar-refractivity contribution >= 4 is 23.8 Å². The zero-order valence-corrected chi connectivity index (χ0v) is 10.8. The van der Waals surface area contributed by atoms with E-state index in [1.807, 2.05) is 30.3 Å². The summed E-state index contributed by atoms with van der Waals surface area (Å²) in [5.74, 6) is 0.117. The SMILES string of the molecule is Cl.Nc1cccc([N+](=O)[O-])c1OCc1ccccc1. The van der Waals surface area contributed by atoms with Gasteiger partial charge in [-0.2, -0.15) is 0 Å². The molecular weight excluding hydrogens is 268 g/mol. The molecule has 0 atom stereocenters. The number of hydrogen-bond acceptors (Lipinski definition) is 4. The monoisotopic (exact) mass is 280 g/mol.